The van der Waals surface area contributed by atoms with Gasteiger partial charge in [-0.1, -0.05) is 41.4 Å². The molecule has 1 fully saturated rings. The van der Waals surface area contributed by atoms with Crippen LogP contribution in [0.3, 0.4) is 0 Å². The van der Waals surface area contributed by atoms with E-state index in [0.29, 0.717) is 24.8 Å². The van der Waals surface area contributed by atoms with E-state index in [1.165, 1.54) is 5.56 Å². The fourth-order valence-electron chi connectivity index (χ4n) is 3.01. The largest absolute Gasteiger partial charge is 0.375 e. The minimum absolute atomic E-state index is 0.443. The highest BCUT2D eigenvalue weighted by Gasteiger charge is 2.43. The van der Waals surface area contributed by atoms with Gasteiger partial charge >= 0.3 is 0 Å². The number of aliphatic imine (C=N–C) groups is 1. The van der Waals surface area contributed by atoms with Crippen LogP contribution in [0.4, 0.5) is 5.69 Å². The second-order valence-corrected chi connectivity index (χ2v) is 7.60. The minimum atomic E-state index is -0.443. The predicted molar refractivity (Wildman–Crippen MR) is 111 cm³/mol. The van der Waals surface area contributed by atoms with Gasteiger partial charge < -0.3 is 14.4 Å². The third-order valence-corrected chi connectivity index (χ3v) is 5.29. The van der Waals surface area contributed by atoms with Crippen molar-refractivity contribution in [3.05, 3.63) is 63.7 Å². The summed E-state index contributed by atoms with van der Waals surface area (Å²) in [6.07, 6.45) is 1.80. The topological polar surface area (TPSA) is 34.1 Å². The number of ether oxygens (including phenoxy) is 2. The molecular formula is C22H27ClN2O2. The molecule has 0 atom stereocenters. The summed E-state index contributed by atoms with van der Waals surface area (Å²) < 4.78 is 11.9. The first-order chi connectivity index (χ1) is 12.9. The molecular weight excluding hydrogens is 360 g/mol. The van der Waals surface area contributed by atoms with Crippen molar-refractivity contribution in [2.75, 3.05) is 26.8 Å². The third-order valence-electron chi connectivity index (χ3n) is 4.98. The molecule has 0 aromatic heterocycles. The Morgan fingerprint density at radius 2 is 1.93 bits per heavy atom. The summed E-state index contributed by atoms with van der Waals surface area (Å²) in [6, 6.07) is 12.4. The van der Waals surface area contributed by atoms with E-state index in [9.17, 15) is 0 Å². The van der Waals surface area contributed by atoms with Crippen molar-refractivity contribution in [1.29, 1.82) is 0 Å². The van der Waals surface area contributed by atoms with Gasteiger partial charge in [0.15, 0.2) is 0 Å². The van der Waals surface area contributed by atoms with Crippen LogP contribution in [0.5, 0.6) is 0 Å². The van der Waals surface area contributed by atoms with E-state index in [1.807, 2.05) is 24.1 Å². The molecule has 0 aliphatic carbocycles. The molecule has 2 aromatic rings. The molecule has 4 nitrogen and oxygen atoms in total. The van der Waals surface area contributed by atoms with Crippen LogP contribution in [-0.4, -0.2) is 38.0 Å². The monoisotopic (exact) mass is 386 g/mol. The summed E-state index contributed by atoms with van der Waals surface area (Å²) in [4.78, 5) is 6.51. The van der Waals surface area contributed by atoms with Crippen molar-refractivity contribution in [2.45, 2.75) is 33.0 Å². The fourth-order valence-corrected chi connectivity index (χ4v) is 3.22. The van der Waals surface area contributed by atoms with Crippen molar-refractivity contribution < 1.29 is 9.47 Å². The number of rotatable bonds is 7. The van der Waals surface area contributed by atoms with Gasteiger partial charge in [0.25, 0.3) is 0 Å². The molecule has 1 saturated heterocycles. The summed E-state index contributed by atoms with van der Waals surface area (Å²) in [6.45, 7) is 8.75. The molecule has 0 unspecified atom stereocenters. The van der Waals surface area contributed by atoms with Gasteiger partial charge in [-0.3, -0.25) is 0 Å². The first kappa shape index (κ1) is 19.9. The van der Waals surface area contributed by atoms with E-state index < -0.39 is 5.60 Å². The van der Waals surface area contributed by atoms with E-state index in [4.69, 9.17) is 21.1 Å². The average molecular weight is 387 g/mol. The third kappa shape index (κ3) is 4.52. The van der Waals surface area contributed by atoms with Gasteiger partial charge in [-0.05, 0) is 49.6 Å². The molecule has 5 heteroatoms. The molecule has 1 aliphatic heterocycles. The number of hydrogen-bond acceptors (Lipinski definition) is 3. The van der Waals surface area contributed by atoms with Crippen molar-refractivity contribution in [3.8, 4) is 0 Å². The van der Waals surface area contributed by atoms with Crippen molar-refractivity contribution >= 4 is 23.6 Å². The summed E-state index contributed by atoms with van der Waals surface area (Å²) >= 11 is 6.52. The standard InChI is InChI=1S/C22H27ClN2O2/c1-5-25(4)15-24-21-10-17(3)19(11-20(21)23)22(13-26-14-22)27-12-18-8-6-16(2)7-9-18/h6-11,15H,5,12-14H2,1-4H3. The molecule has 0 spiro atoms. The first-order valence-corrected chi connectivity index (χ1v) is 9.63. The highest BCUT2D eigenvalue weighted by Crippen LogP contribution is 2.40. The average Bonchev–Trinajstić information content (AvgIpc) is 2.63. The maximum atomic E-state index is 6.52. The summed E-state index contributed by atoms with van der Waals surface area (Å²) in [5, 5.41) is 0.626. The van der Waals surface area contributed by atoms with Crippen molar-refractivity contribution in [3.63, 3.8) is 0 Å². The fraction of sp³-hybridized carbons (Fsp3) is 0.409. The lowest BCUT2D eigenvalue weighted by molar-refractivity contribution is -0.223. The van der Waals surface area contributed by atoms with Gasteiger partial charge in [-0.15, -0.1) is 0 Å². The lowest BCUT2D eigenvalue weighted by Gasteiger charge is -2.42. The highest BCUT2D eigenvalue weighted by atomic mass is 35.5. The molecule has 0 saturated carbocycles. The molecule has 1 heterocycles. The van der Waals surface area contributed by atoms with E-state index in [0.717, 1.165) is 28.9 Å². The van der Waals surface area contributed by atoms with Crippen molar-refractivity contribution in [2.24, 2.45) is 4.99 Å². The Labute approximate surface area is 166 Å². The Hall–Kier alpha value is -1.88. The van der Waals surface area contributed by atoms with E-state index in [-0.39, 0.29) is 0 Å². The quantitative estimate of drug-likeness (QED) is 0.495. The van der Waals surface area contributed by atoms with Crippen molar-refractivity contribution in [1.82, 2.24) is 4.90 Å². The molecule has 0 bridgehead atoms. The second-order valence-electron chi connectivity index (χ2n) is 7.20. The van der Waals surface area contributed by atoms with Gasteiger partial charge in [-0.2, -0.15) is 0 Å². The van der Waals surface area contributed by atoms with Gasteiger partial charge in [0.2, 0.25) is 0 Å². The number of nitrogens with zero attached hydrogens (tertiary/aromatic N) is 2. The van der Waals surface area contributed by atoms with Gasteiger partial charge in [0.05, 0.1) is 36.9 Å². The van der Waals surface area contributed by atoms with E-state index >= 15 is 0 Å². The Bertz CT molecular complexity index is 814. The summed E-state index contributed by atoms with van der Waals surface area (Å²) in [7, 11) is 1.98. The molecule has 3 rings (SSSR count). The van der Waals surface area contributed by atoms with E-state index in [2.05, 4.69) is 50.0 Å². The summed E-state index contributed by atoms with van der Waals surface area (Å²) in [5.74, 6) is 0. The van der Waals surface area contributed by atoms with Crippen LogP contribution < -0.4 is 0 Å². The van der Waals surface area contributed by atoms with Crippen LogP contribution >= 0.6 is 11.6 Å². The Kier molecular flexibility index (Phi) is 6.20. The molecule has 0 amide bonds. The van der Waals surface area contributed by atoms with Gasteiger partial charge in [0.1, 0.15) is 5.60 Å². The maximum Gasteiger partial charge on any atom is 0.140 e. The molecule has 1 aliphatic rings. The van der Waals surface area contributed by atoms with E-state index in [1.54, 1.807) is 6.34 Å². The predicted octanol–water partition coefficient (Wildman–Crippen LogP) is 5.01. The first-order valence-electron chi connectivity index (χ1n) is 9.26. The minimum Gasteiger partial charge on any atom is -0.375 e. The Morgan fingerprint density at radius 1 is 1.22 bits per heavy atom. The molecule has 0 radical (unpaired) electrons. The number of benzene rings is 2. The van der Waals surface area contributed by atoms with Crippen LogP contribution in [-0.2, 0) is 21.7 Å². The molecule has 0 N–H and O–H groups in total. The highest BCUT2D eigenvalue weighted by molar-refractivity contribution is 6.33. The zero-order valence-corrected chi connectivity index (χ0v) is 17.2. The lowest BCUT2D eigenvalue weighted by Crippen LogP contribution is -2.49. The van der Waals surface area contributed by atoms with Crippen LogP contribution in [0.2, 0.25) is 5.02 Å². The van der Waals surface area contributed by atoms with Gasteiger partial charge in [-0.25, -0.2) is 4.99 Å². The van der Waals surface area contributed by atoms with Gasteiger partial charge in [0, 0.05) is 13.6 Å². The van der Waals surface area contributed by atoms with Crippen LogP contribution in [0.1, 0.15) is 29.2 Å². The van der Waals surface area contributed by atoms with Crippen LogP contribution in [0.15, 0.2) is 41.4 Å². The summed E-state index contributed by atoms with van der Waals surface area (Å²) in [5.41, 5.74) is 4.91. The smallest absolute Gasteiger partial charge is 0.140 e. The molecule has 27 heavy (non-hydrogen) atoms. The number of halogens is 1. The van der Waals surface area contributed by atoms with Crippen LogP contribution in [0.25, 0.3) is 0 Å². The number of aryl methyl sites for hydroxylation is 2. The number of hydrogen-bond donors (Lipinski definition) is 0. The van der Waals surface area contributed by atoms with Crippen LogP contribution in [0, 0.1) is 13.8 Å². The maximum absolute atomic E-state index is 6.52. The molecule has 2 aromatic carbocycles. The Morgan fingerprint density at radius 3 is 2.52 bits per heavy atom. The zero-order valence-electron chi connectivity index (χ0n) is 16.5. The molecule has 144 valence electrons. The zero-order chi connectivity index (χ0) is 19.4. The normalized spacial score (nSPS) is 15.7. The lowest BCUT2D eigenvalue weighted by atomic mass is 9.88. The Balaban J connectivity index is 1.81. The SMILES string of the molecule is CCN(C)C=Nc1cc(C)c(C2(OCc3ccc(C)cc3)COC2)cc1Cl. The second kappa shape index (κ2) is 8.42.